The van der Waals surface area contributed by atoms with Crippen molar-refractivity contribution in [3.05, 3.63) is 47.9 Å². The molecule has 1 amide bonds. The third kappa shape index (κ3) is 6.56. The maximum atomic E-state index is 12.4. The summed E-state index contributed by atoms with van der Waals surface area (Å²) in [6, 6.07) is 9.91. The van der Waals surface area contributed by atoms with Crippen LogP contribution >= 0.6 is 0 Å². The van der Waals surface area contributed by atoms with E-state index in [4.69, 9.17) is 18.7 Å². The van der Waals surface area contributed by atoms with E-state index in [1.54, 1.807) is 37.4 Å². The van der Waals surface area contributed by atoms with Crippen LogP contribution in [0.15, 0.2) is 40.9 Å². The molecule has 1 aromatic heterocycles. The normalized spacial score (nSPS) is 10.8. The third-order valence-corrected chi connectivity index (χ3v) is 4.86. The van der Waals surface area contributed by atoms with Crippen molar-refractivity contribution in [2.24, 2.45) is 0 Å². The van der Waals surface area contributed by atoms with Gasteiger partial charge in [0.25, 0.3) is 0 Å². The van der Waals surface area contributed by atoms with E-state index in [-0.39, 0.29) is 30.2 Å². The molecule has 182 valence electrons. The number of rotatable bonds is 12. The second-order valence-electron chi connectivity index (χ2n) is 7.05. The number of methoxy groups -OCH3 is 3. The first-order chi connectivity index (χ1) is 16.4. The molecule has 0 spiro atoms. The van der Waals surface area contributed by atoms with E-state index in [1.165, 1.54) is 20.3 Å². The molecule has 0 unspecified atom stereocenters. The molecule has 1 heterocycles. The number of carbonyl (C=O) groups excluding carboxylic acids is 1. The number of hydrogen-bond donors (Lipinski definition) is 1. The van der Waals surface area contributed by atoms with E-state index in [2.05, 4.69) is 20.2 Å². The summed E-state index contributed by atoms with van der Waals surface area (Å²) in [6.45, 7) is -2.58. The van der Waals surface area contributed by atoms with Crippen LogP contribution in [0, 0.1) is 0 Å². The fraction of sp³-hybridized carbons (Fsp3) is 0.348. The SMILES string of the molecule is COc1ccc(-c2noc(CCC(=O)NCCc3ccc(OC(F)F)c(OC)c3)n2)cc1OC. The van der Waals surface area contributed by atoms with Crippen molar-refractivity contribution in [1.82, 2.24) is 15.5 Å². The highest BCUT2D eigenvalue weighted by atomic mass is 19.3. The molecule has 0 radical (unpaired) electrons. The van der Waals surface area contributed by atoms with Crippen LogP contribution in [0.3, 0.4) is 0 Å². The summed E-state index contributed by atoms with van der Waals surface area (Å²) in [7, 11) is 4.45. The van der Waals surface area contributed by atoms with Crippen LogP contribution in [-0.2, 0) is 17.6 Å². The molecule has 0 bridgehead atoms. The highest BCUT2D eigenvalue weighted by Crippen LogP contribution is 2.31. The number of nitrogens with one attached hydrogen (secondary N) is 1. The van der Waals surface area contributed by atoms with Crippen molar-refractivity contribution >= 4 is 5.91 Å². The van der Waals surface area contributed by atoms with Crippen LogP contribution in [0.2, 0.25) is 0 Å². The molecule has 3 rings (SSSR count). The Morgan fingerprint density at radius 2 is 1.68 bits per heavy atom. The van der Waals surface area contributed by atoms with Crippen molar-refractivity contribution in [2.75, 3.05) is 27.9 Å². The van der Waals surface area contributed by atoms with Gasteiger partial charge in [0, 0.05) is 24.9 Å². The zero-order valence-corrected chi connectivity index (χ0v) is 19.0. The summed E-state index contributed by atoms with van der Waals surface area (Å²) in [5.41, 5.74) is 1.49. The smallest absolute Gasteiger partial charge is 0.387 e. The molecule has 0 atom stereocenters. The first-order valence-electron chi connectivity index (χ1n) is 10.4. The van der Waals surface area contributed by atoms with E-state index in [9.17, 15) is 13.6 Å². The molecule has 3 aromatic rings. The molecule has 0 aliphatic heterocycles. The van der Waals surface area contributed by atoms with E-state index in [1.807, 2.05) is 0 Å². The zero-order valence-electron chi connectivity index (χ0n) is 19.0. The standard InChI is InChI=1S/C23H25F2N3O6/c1-30-16-7-5-15(13-19(16)32-3)22-27-21(34-28-22)9-8-20(29)26-11-10-14-4-6-17(33-23(24)25)18(12-14)31-2/h4-7,12-13,23H,8-11H2,1-3H3,(H,26,29). The summed E-state index contributed by atoms with van der Waals surface area (Å²) in [5, 5.41) is 6.76. The lowest BCUT2D eigenvalue weighted by Crippen LogP contribution is -2.25. The van der Waals surface area contributed by atoms with Crippen molar-refractivity contribution in [3.8, 4) is 34.4 Å². The minimum atomic E-state index is -2.94. The van der Waals surface area contributed by atoms with E-state index in [0.29, 0.717) is 41.7 Å². The predicted molar refractivity (Wildman–Crippen MR) is 117 cm³/mol. The van der Waals surface area contributed by atoms with Crippen molar-refractivity contribution in [1.29, 1.82) is 0 Å². The Balaban J connectivity index is 1.48. The number of benzene rings is 2. The molecule has 11 heteroatoms. The van der Waals surface area contributed by atoms with Gasteiger partial charge in [-0.25, -0.2) is 0 Å². The van der Waals surface area contributed by atoms with Gasteiger partial charge in [-0.2, -0.15) is 13.8 Å². The summed E-state index contributed by atoms with van der Waals surface area (Å²) >= 11 is 0. The Labute approximate surface area is 195 Å². The number of hydrogen-bond acceptors (Lipinski definition) is 8. The molecule has 2 aromatic carbocycles. The summed E-state index contributed by atoms with van der Waals surface area (Å²) in [6.07, 6.45) is 0.929. The van der Waals surface area contributed by atoms with Crippen LogP contribution in [0.5, 0.6) is 23.0 Å². The lowest BCUT2D eigenvalue weighted by molar-refractivity contribution is -0.121. The Hall–Kier alpha value is -3.89. The van der Waals surface area contributed by atoms with Crippen LogP contribution in [-0.4, -0.2) is 50.5 Å². The maximum absolute atomic E-state index is 12.4. The highest BCUT2D eigenvalue weighted by molar-refractivity contribution is 5.76. The van der Waals surface area contributed by atoms with Crippen molar-refractivity contribution < 1.29 is 37.0 Å². The van der Waals surface area contributed by atoms with Crippen LogP contribution in [0.1, 0.15) is 17.9 Å². The second-order valence-corrected chi connectivity index (χ2v) is 7.05. The minimum absolute atomic E-state index is 0.0442. The van der Waals surface area contributed by atoms with Gasteiger partial charge >= 0.3 is 6.61 Å². The number of halogens is 2. The Morgan fingerprint density at radius 1 is 0.971 bits per heavy atom. The number of carbonyl (C=O) groups is 1. The van der Waals surface area contributed by atoms with Gasteiger partial charge in [0.05, 0.1) is 21.3 Å². The molecular formula is C23H25F2N3O6. The molecule has 9 nitrogen and oxygen atoms in total. The van der Waals surface area contributed by atoms with Gasteiger partial charge in [-0.1, -0.05) is 11.2 Å². The molecular weight excluding hydrogens is 452 g/mol. The van der Waals surface area contributed by atoms with Gasteiger partial charge in [-0.3, -0.25) is 4.79 Å². The lowest BCUT2D eigenvalue weighted by atomic mass is 10.1. The molecule has 1 N–H and O–H groups in total. The number of nitrogens with zero attached hydrogens (tertiary/aromatic N) is 2. The Kier molecular flexibility index (Phi) is 8.60. The van der Waals surface area contributed by atoms with E-state index >= 15 is 0 Å². The molecule has 0 fully saturated rings. The largest absolute Gasteiger partial charge is 0.493 e. The molecule has 0 saturated carbocycles. The average molecular weight is 477 g/mol. The second kappa shape index (κ2) is 11.8. The van der Waals surface area contributed by atoms with Crippen molar-refractivity contribution in [2.45, 2.75) is 25.9 Å². The van der Waals surface area contributed by atoms with Crippen LogP contribution in [0.25, 0.3) is 11.4 Å². The lowest BCUT2D eigenvalue weighted by Gasteiger charge is -2.11. The van der Waals surface area contributed by atoms with Gasteiger partial charge in [-0.15, -0.1) is 0 Å². The molecule has 0 aliphatic carbocycles. The first-order valence-corrected chi connectivity index (χ1v) is 10.4. The van der Waals surface area contributed by atoms with E-state index < -0.39 is 6.61 Å². The monoisotopic (exact) mass is 477 g/mol. The van der Waals surface area contributed by atoms with Gasteiger partial charge in [-0.05, 0) is 42.3 Å². The molecule has 0 saturated heterocycles. The summed E-state index contributed by atoms with van der Waals surface area (Å²) in [4.78, 5) is 16.5. The topological polar surface area (TPSA) is 105 Å². The van der Waals surface area contributed by atoms with Gasteiger partial charge in [0.15, 0.2) is 23.0 Å². The number of ether oxygens (including phenoxy) is 4. The van der Waals surface area contributed by atoms with E-state index in [0.717, 1.165) is 5.56 Å². The first kappa shape index (κ1) is 24.7. The number of alkyl halides is 2. The van der Waals surface area contributed by atoms with Crippen LogP contribution in [0.4, 0.5) is 8.78 Å². The average Bonchev–Trinajstić information content (AvgIpc) is 3.32. The Bertz CT molecular complexity index is 1110. The molecule has 0 aliphatic rings. The maximum Gasteiger partial charge on any atom is 0.387 e. The number of aromatic nitrogens is 2. The van der Waals surface area contributed by atoms with Crippen LogP contribution < -0.4 is 24.3 Å². The third-order valence-electron chi connectivity index (χ3n) is 4.86. The number of aryl methyl sites for hydroxylation is 1. The zero-order chi connectivity index (χ0) is 24.5. The van der Waals surface area contributed by atoms with Gasteiger partial charge in [0.2, 0.25) is 17.6 Å². The molecule has 34 heavy (non-hydrogen) atoms. The highest BCUT2D eigenvalue weighted by Gasteiger charge is 2.14. The fourth-order valence-corrected chi connectivity index (χ4v) is 3.16. The Morgan fingerprint density at radius 3 is 2.38 bits per heavy atom. The summed E-state index contributed by atoms with van der Waals surface area (Å²) < 4.78 is 50.1. The van der Waals surface area contributed by atoms with Gasteiger partial charge < -0.3 is 28.8 Å². The van der Waals surface area contributed by atoms with Crippen molar-refractivity contribution in [3.63, 3.8) is 0 Å². The quantitative estimate of drug-likeness (QED) is 0.422. The van der Waals surface area contributed by atoms with Gasteiger partial charge in [0.1, 0.15) is 0 Å². The predicted octanol–water partition coefficient (Wildman–Crippen LogP) is 3.66. The summed E-state index contributed by atoms with van der Waals surface area (Å²) in [5.74, 6) is 1.81. The fourth-order valence-electron chi connectivity index (χ4n) is 3.16. The number of amides is 1. The minimum Gasteiger partial charge on any atom is -0.493 e.